The molecule has 0 heterocycles. The number of fused-ring (bicyclic) bond motifs is 2. The maximum Gasteiger partial charge on any atom is 0.127 e. The van der Waals surface area contributed by atoms with E-state index in [2.05, 4.69) is 338 Å². The Bertz CT molecular complexity index is 2420. The Morgan fingerprint density at radius 1 is 0.307 bits per heavy atom. The zero-order valence-corrected chi connectivity index (χ0v) is 74.9. The zero-order valence-electron chi connectivity index (χ0n) is 74.9. The Kier molecular flexibility index (Phi) is 39.9. The molecule has 3 saturated carbocycles. The lowest BCUT2D eigenvalue weighted by molar-refractivity contribution is -0.122. The third-order valence-electron chi connectivity index (χ3n) is 27.3. The van der Waals surface area contributed by atoms with Crippen LogP contribution in [-0.2, 0) is 0 Å². The van der Waals surface area contributed by atoms with Crippen LogP contribution in [0.25, 0.3) is 0 Å². The predicted molar refractivity (Wildman–Crippen MR) is 458 cm³/mol. The summed E-state index contributed by atoms with van der Waals surface area (Å²) in [6.07, 6.45) is 13.6. The minimum atomic E-state index is 0. The highest BCUT2D eigenvalue weighted by atomic mass is 16.5. The lowest BCUT2D eigenvalue weighted by Gasteiger charge is -2.60. The van der Waals surface area contributed by atoms with Crippen LogP contribution in [0.2, 0.25) is 0 Å². The fraction of sp³-hybridized carbons (Fsp3) is 0.840. The average molecular weight is 1400 g/mol. The van der Waals surface area contributed by atoms with Gasteiger partial charge in [0.25, 0.3) is 0 Å². The number of allylic oxidation sites excluding steroid dienone is 4. The van der Waals surface area contributed by atoms with E-state index in [9.17, 15) is 0 Å². The Labute approximate surface area is 636 Å². The molecular formula is C100H182O. The SMILES string of the molecule is C.CC(C)C1C(C(C)C)C(C(C)C)C1C(C)C.CC(C)C1C2C=CC(C1C(C)C)C(C(C)C)C2C(C)C.CC(C)C1CC(C(C)C)C(C(C)C)CC1C(C)C.CC(C)c1ccc(Oc2ccc(C(C)C)c(C(C)C)c2)cc1C(C)C.CC1=CC(C(CC(C)C)C(C)C)CC(C(C)C)C1C(C)C. The van der Waals surface area contributed by atoms with Gasteiger partial charge in [0.2, 0.25) is 0 Å². The Hall–Kier alpha value is -2.28. The first-order chi connectivity index (χ1) is 46.2. The molecule has 0 N–H and O–H groups in total. The largest absolute Gasteiger partial charge is 0.457 e. The third kappa shape index (κ3) is 25.1. The molecule has 0 aromatic heterocycles. The van der Waals surface area contributed by atoms with Crippen molar-refractivity contribution >= 4 is 0 Å². The van der Waals surface area contributed by atoms with Gasteiger partial charge in [-0.1, -0.05) is 320 Å². The molecule has 588 valence electrons. The standard InChI is InChI=1S/C24H34O.C21H40.C20H36.C18H36.C16H32.CH4/c1-15(2)21-11-9-19(13-23(21)17(5)6)25-20-10-12-22(16(3)4)24(14-20)18(7)8;1-13(2)10-19(14(3)4)18-11-17(9)21(16(7)8)20(12-18)15(5)6;1-11(2)17-15-9-10-16(18(17)12(3)4)20(14(7)8)19(15)13(5)6;1-11(2)15-9-17(13(5)6)18(14(7)8)10-16(15)12(3)4;1-9(2)13-14(10(3)4)16(12(7)8)15(13)11(5)6;/h9-18H,1-8H3;11,13-16,18-21H,10,12H2,1-9H3;9-20H,1-8H3;11-18H,9-10H2,1-8H3;9-16H,1-8H3;1H4. The van der Waals surface area contributed by atoms with Crippen LogP contribution in [0.1, 0.15) is 363 Å². The van der Waals surface area contributed by atoms with Crippen LogP contribution in [0.15, 0.2) is 60.2 Å². The molecule has 101 heavy (non-hydrogen) atoms. The highest BCUT2D eigenvalue weighted by Gasteiger charge is 2.55. The second-order valence-corrected chi connectivity index (χ2v) is 41.5. The zero-order chi connectivity index (χ0) is 76.9. The molecule has 0 amide bonds. The summed E-state index contributed by atoms with van der Waals surface area (Å²) in [6.45, 7) is 98.2. The number of rotatable bonds is 24. The van der Waals surface area contributed by atoms with Crippen LogP contribution in [-0.4, -0.2) is 0 Å². The summed E-state index contributed by atoms with van der Waals surface area (Å²) in [7, 11) is 0. The Balaban J connectivity index is 0.000000431. The Morgan fingerprint density at radius 2 is 0.574 bits per heavy atom. The second-order valence-electron chi connectivity index (χ2n) is 41.5. The minimum Gasteiger partial charge on any atom is -0.457 e. The van der Waals surface area contributed by atoms with Crippen molar-refractivity contribution in [2.75, 3.05) is 0 Å². The summed E-state index contributed by atoms with van der Waals surface area (Å²) in [5, 5.41) is 0. The van der Waals surface area contributed by atoms with Crippen LogP contribution in [0.5, 0.6) is 11.5 Å². The molecule has 2 aromatic carbocycles. The molecule has 8 rings (SSSR count). The predicted octanol–water partition coefficient (Wildman–Crippen LogP) is 32.3. The topological polar surface area (TPSA) is 9.23 Å². The molecule has 0 radical (unpaired) electrons. The molecule has 2 aromatic rings. The fourth-order valence-electron chi connectivity index (χ4n) is 22.9. The number of hydrogen-bond donors (Lipinski definition) is 0. The lowest BCUT2D eigenvalue weighted by atomic mass is 9.45. The molecule has 12 atom stereocenters. The number of ether oxygens (including phenoxy) is 1. The molecule has 1 heteroatoms. The van der Waals surface area contributed by atoms with E-state index in [0.29, 0.717) is 23.7 Å². The summed E-state index contributed by atoms with van der Waals surface area (Å²) in [5.74, 6) is 33.4. The van der Waals surface area contributed by atoms with Crippen LogP contribution in [0, 0.1) is 201 Å². The van der Waals surface area contributed by atoms with Crippen molar-refractivity contribution in [3.8, 4) is 11.5 Å². The van der Waals surface area contributed by atoms with E-state index in [0.717, 1.165) is 213 Å². The quantitative estimate of drug-likeness (QED) is 0.0952. The fourth-order valence-corrected chi connectivity index (χ4v) is 22.9. The summed E-state index contributed by atoms with van der Waals surface area (Å²) in [6, 6.07) is 13.1. The van der Waals surface area contributed by atoms with Gasteiger partial charge in [0.05, 0.1) is 0 Å². The molecule has 3 fully saturated rings. The lowest BCUT2D eigenvalue weighted by Crippen LogP contribution is -2.55. The van der Waals surface area contributed by atoms with Crippen molar-refractivity contribution < 1.29 is 4.74 Å². The van der Waals surface area contributed by atoms with E-state index in [-0.39, 0.29) is 7.43 Å². The average Bonchev–Trinajstić information content (AvgIpc) is 0.738. The summed E-state index contributed by atoms with van der Waals surface area (Å²) >= 11 is 0. The van der Waals surface area contributed by atoms with Crippen LogP contribution in [0.3, 0.4) is 0 Å². The van der Waals surface area contributed by atoms with Crippen LogP contribution < -0.4 is 4.74 Å². The first-order valence-electron chi connectivity index (χ1n) is 43.5. The molecule has 6 aliphatic carbocycles. The second kappa shape index (κ2) is 42.5. The number of hydrogen-bond acceptors (Lipinski definition) is 1. The van der Waals surface area contributed by atoms with Crippen molar-refractivity contribution in [3.05, 3.63) is 82.5 Å². The first kappa shape index (κ1) is 94.8. The van der Waals surface area contributed by atoms with Gasteiger partial charge in [0, 0.05) is 0 Å². The maximum absolute atomic E-state index is 6.23. The van der Waals surface area contributed by atoms with Gasteiger partial charge in [-0.25, -0.2) is 0 Å². The molecule has 2 bridgehead atoms. The third-order valence-corrected chi connectivity index (χ3v) is 27.3. The van der Waals surface area contributed by atoms with E-state index in [1.807, 2.05) is 0 Å². The molecular weight excluding hydrogens is 1220 g/mol. The number of benzene rings is 2. The van der Waals surface area contributed by atoms with Crippen molar-refractivity contribution in [2.45, 2.75) is 341 Å². The maximum atomic E-state index is 6.23. The summed E-state index contributed by atoms with van der Waals surface area (Å²) in [5.41, 5.74) is 7.28. The van der Waals surface area contributed by atoms with Gasteiger partial charge < -0.3 is 4.74 Å². The Morgan fingerprint density at radius 3 is 0.782 bits per heavy atom. The molecule has 12 unspecified atom stereocenters. The normalized spacial score (nSPS) is 28.6. The molecule has 0 spiro atoms. The van der Waals surface area contributed by atoms with Gasteiger partial charge in [0.1, 0.15) is 11.5 Å². The minimum absolute atomic E-state index is 0. The molecule has 6 aliphatic rings. The molecule has 1 nitrogen and oxygen atoms in total. The summed E-state index contributed by atoms with van der Waals surface area (Å²) < 4.78 is 6.23. The van der Waals surface area contributed by atoms with Crippen LogP contribution in [0.4, 0.5) is 0 Å². The van der Waals surface area contributed by atoms with Gasteiger partial charge in [-0.15, -0.1) is 0 Å². The monoisotopic (exact) mass is 1400 g/mol. The van der Waals surface area contributed by atoms with Gasteiger partial charge in [-0.05, 0) is 304 Å². The van der Waals surface area contributed by atoms with E-state index in [1.54, 1.807) is 5.57 Å². The van der Waals surface area contributed by atoms with E-state index < -0.39 is 0 Å². The van der Waals surface area contributed by atoms with Crippen molar-refractivity contribution in [1.82, 2.24) is 0 Å². The van der Waals surface area contributed by atoms with Crippen molar-refractivity contribution in [1.29, 1.82) is 0 Å². The van der Waals surface area contributed by atoms with E-state index >= 15 is 0 Å². The molecule has 0 saturated heterocycles. The van der Waals surface area contributed by atoms with Gasteiger partial charge in [-0.3, -0.25) is 0 Å². The van der Waals surface area contributed by atoms with E-state index in [1.165, 1.54) is 47.9 Å². The smallest absolute Gasteiger partial charge is 0.127 e. The highest BCUT2D eigenvalue weighted by molar-refractivity contribution is 5.44. The summed E-state index contributed by atoms with van der Waals surface area (Å²) in [4.78, 5) is 0. The highest BCUT2D eigenvalue weighted by Crippen LogP contribution is 2.61. The first-order valence-corrected chi connectivity index (χ1v) is 43.5. The van der Waals surface area contributed by atoms with Gasteiger partial charge in [-0.2, -0.15) is 0 Å². The van der Waals surface area contributed by atoms with Crippen molar-refractivity contribution in [2.24, 2.45) is 201 Å². The van der Waals surface area contributed by atoms with Crippen LogP contribution >= 0.6 is 0 Å². The van der Waals surface area contributed by atoms with E-state index in [4.69, 9.17) is 4.74 Å². The molecule has 0 aliphatic heterocycles. The van der Waals surface area contributed by atoms with Gasteiger partial charge >= 0.3 is 0 Å². The van der Waals surface area contributed by atoms with Crippen molar-refractivity contribution in [3.63, 3.8) is 0 Å². The van der Waals surface area contributed by atoms with Gasteiger partial charge in [0.15, 0.2) is 0 Å².